The molecule has 0 bridgehead atoms. The Morgan fingerprint density at radius 3 is 2.37 bits per heavy atom. The largest absolute Gasteiger partial charge is 0.497 e. The summed E-state index contributed by atoms with van der Waals surface area (Å²) in [5.74, 6) is -0.792. The number of hydrogen-bond donors (Lipinski definition) is 2. The number of benzene rings is 1. The second-order valence-corrected chi connectivity index (χ2v) is 4.78. The number of aliphatic carboxylic acids is 1. The SMILES string of the molecule is COc1ccc(C2(NC(=O)CC(=O)O)CCC2)cc1. The molecule has 0 aromatic heterocycles. The molecule has 0 atom stereocenters. The molecular weight excluding hydrogens is 246 g/mol. The zero-order valence-electron chi connectivity index (χ0n) is 10.8. The van der Waals surface area contributed by atoms with Crippen LogP contribution in [0.15, 0.2) is 24.3 Å². The van der Waals surface area contributed by atoms with Gasteiger partial charge in [-0.2, -0.15) is 0 Å². The van der Waals surface area contributed by atoms with Crippen LogP contribution in [0.4, 0.5) is 0 Å². The summed E-state index contributed by atoms with van der Waals surface area (Å²) in [4.78, 5) is 22.2. The molecule has 0 saturated heterocycles. The summed E-state index contributed by atoms with van der Waals surface area (Å²) in [6, 6.07) is 7.52. The number of carboxylic acid groups (broad SMARTS) is 1. The van der Waals surface area contributed by atoms with Crippen molar-refractivity contribution in [3.63, 3.8) is 0 Å². The molecule has 1 aliphatic carbocycles. The van der Waals surface area contributed by atoms with E-state index in [2.05, 4.69) is 5.32 Å². The van der Waals surface area contributed by atoms with Crippen molar-refractivity contribution in [1.82, 2.24) is 5.32 Å². The lowest BCUT2D eigenvalue weighted by molar-refractivity contribution is -0.141. The molecule has 5 nitrogen and oxygen atoms in total. The highest BCUT2D eigenvalue weighted by atomic mass is 16.5. The lowest BCUT2D eigenvalue weighted by Gasteiger charge is -2.43. The van der Waals surface area contributed by atoms with Crippen molar-refractivity contribution in [2.24, 2.45) is 0 Å². The summed E-state index contributed by atoms with van der Waals surface area (Å²) in [5, 5.41) is 11.5. The molecule has 2 rings (SSSR count). The van der Waals surface area contributed by atoms with Gasteiger partial charge in [-0.25, -0.2) is 0 Å². The topological polar surface area (TPSA) is 75.6 Å². The van der Waals surface area contributed by atoms with E-state index >= 15 is 0 Å². The Kier molecular flexibility index (Phi) is 3.74. The Morgan fingerprint density at radius 2 is 1.95 bits per heavy atom. The van der Waals surface area contributed by atoms with E-state index in [1.54, 1.807) is 7.11 Å². The third-order valence-corrected chi connectivity index (χ3v) is 3.54. The molecule has 1 saturated carbocycles. The molecule has 0 radical (unpaired) electrons. The second-order valence-electron chi connectivity index (χ2n) is 4.78. The molecular formula is C14H17NO4. The highest BCUT2D eigenvalue weighted by molar-refractivity contribution is 5.93. The van der Waals surface area contributed by atoms with Crippen LogP contribution in [0.25, 0.3) is 0 Å². The molecule has 0 aliphatic heterocycles. The molecule has 2 N–H and O–H groups in total. The highest BCUT2D eigenvalue weighted by Gasteiger charge is 2.40. The molecule has 1 aromatic carbocycles. The molecule has 1 fully saturated rings. The average Bonchev–Trinajstić information content (AvgIpc) is 2.33. The number of methoxy groups -OCH3 is 1. The Labute approximate surface area is 111 Å². The van der Waals surface area contributed by atoms with E-state index in [0.717, 1.165) is 30.6 Å². The van der Waals surface area contributed by atoms with Gasteiger partial charge in [0, 0.05) is 0 Å². The van der Waals surface area contributed by atoms with E-state index in [4.69, 9.17) is 9.84 Å². The van der Waals surface area contributed by atoms with Gasteiger partial charge in [-0.3, -0.25) is 9.59 Å². The summed E-state index contributed by atoms with van der Waals surface area (Å²) in [6.45, 7) is 0. The summed E-state index contributed by atoms with van der Waals surface area (Å²) in [5.41, 5.74) is 0.594. The van der Waals surface area contributed by atoms with Gasteiger partial charge in [0.2, 0.25) is 5.91 Å². The molecule has 1 aromatic rings. The van der Waals surface area contributed by atoms with Crippen molar-refractivity contribution in [2.45, 2.75) is 31.2 Å². The number of carboxylic acids is 1. The lowest BCUT2D eigenvalue weighted by atomic mass is 9.71. The molecule has 1 amide bonds. The highest BCUT2D eigenvalue weighted by Crippen LogP contribution is 2.41. The number of hydrogen-bond acceptors (Lipinski definition) is 3. The summed E-state index contributed by atoms with van der Waals surface area (Å²) < 4.78 is 5.10. The first-order valence-electron chi connectivity index (χ1n) is 6.23. The third-order valence-electron chi connectivity index (χ3n) is 3.54. The minimum Gasteiger partial charge on any atom is -0.497 e. The number of nitrogens with one attached hydrogen (secondary N) is 1. The molecule has 1 aliphatic rings. The van der Waals surface area contributed by atoms with Gasteiger partial charge in [0.15, 0.2) is 0 Å². The predicted octanol–water partition coefficient (Wildman–Crippen LogP) is 1.67. The maximum absolute atomic E-state index is 11.6. The fourth-order valence-electron chi connectivity index (χ4n) is 2.37. The van der Waals surface area contributed by atoms with E-state index in [1.165, 1.54) is 0 Å². The quantitative estimate of drug-likeness (QED) is 0.792. The van der Waals surface area contributed by atoms with Gasteiger partial charge in [-0.15, -0.1) is 0 Å². The smallest absolute Gasteiger partial charge is 0.312 e. The number of carbonyl (C=O) groups excluding carboxylic acids is 1. The monoisotopic (exact) mass is 263 g/mol. The standard InChI is InChI=1S/C14H17NO4/c1-19-11-5-3-10(4-6-11)14(7-2-8-14)15-12(16)9-13(17)18/h3-6H,2,7-9H2,1H3,(H,15,16)(H,17,18). The molecule has 0 heterocycles. The average molecular weight is 263 g/mol. The van der Waals surface area contributed by atoms with Gasteiger partial charge < -0.3 is 15.2 Å². The zero-order chi connectivity index (χ0) is 13.9. The van der Waals surface area contributed by atoms with Gasteiger partial charge in [0.25, 0.3) is 0 Å². The van der Waals surface area contributed by atoms with Gasteiger partial charge in [-0.05, 0) is 37.0 Å². The number of rotatable bonds is 5. The number of ether oxygens (including phenoxy) is 1. The predicted molar refractivity (Wildman–Crippen MR) is 68.9 cm³/mol. The van der Waals surface area contributed by atoms with Crippen molar-refractivity contribution in [1.29, 1.82) is 0 Å². The van der Waals surface area contributed by atoms with Crippen molar-refractivity contribution in [3.05, 3.63) is 29.8 Å². The summed E-state index contributed by atoms with van der Waals surface area (Å²) in [6.07, 6.45) is 2.21. The number of amides is 1. The van der Waals surface area contributed by atoms with Gasteiger partial charge >= 0.3 is 5.97 Å². The minimum absolute atomic E-state index is 0.404. The lowest BCUT2D eigenvalue weighted by Crippen LogP contribution is -2.51. The first kappa shape index (κ1) is 13.4. The van der Waals surface area contributed by atoms with Crippen LogP contribution in [0.3, 0.4) is 0 Å². The Hall–Kier alpha value is -2.04. The van der Waals surface area contributed by atoms with Crippen LogP contribution in [0.1, 0.15) is 31.2 Å². The molecule has 0 unspecified atom stereocenters. The van der Waals surface area contributed by atoms with Crippen LogP contribution in [0.2, 0.25) is 0 Å². The maximum atomic E-state index is 11.6. The van der Waals surface area contributed by atoms with E-state index in [0.29, 0.717) is 0 Å². The van der Waals surface area contributed by atoms with Crippen LogP contribution in [-0.4, -0.2) is 24.1 Å². The maximum Gasteiger partial charge on any atom is 0.312 e. The second kappa shape index (κ2) is 5.30. The third kappa shape index (κ3) is 2.86. The normalized spacial score (nSPS) is 16.3. The molecule has 102 valence electrons. The Bertz CT molecular complexity index is 477. The van der Waals surface area contributed by atoms with Crippen molar-refractivity contribution in [2.75, 3.05) is 7.11 Å². The fourth-order valence-corrected chi connectivity index (χ4v) is 2.37. The molecule has 0 spiro atoms. The van der Waals surface area contributed by atoms with Gasteiger partial charge in [-0.1, -0.05) is 12.1 Å². The van der Waals surface area contributed by atoms with Crippen molar-refractivity contribution < 1.29 is 19.4 Å². The molecule has 5 heteroatoms. The minimum atomic E-state index is -1.11. The van der Waals surface area contributed by atoms with Gasteiger partial charge in [0.1, 0.15) is 12.2 Å². The van der Waals surface area contributed by atoms with Gasteiger partial charge in [0.05, 0.1) is 12.6 Å². The van der Waals surface area contributed by atoms with E-state index in [1.807, 2.05) is 24.3 Å². The van der Waals surface area contributed by atoms with E-state index < -0.39 is 23.8 Å². The summed E-state index contributed by atoms with van der Waals surface area (Å²) in [7, 11) is 1.60. The van der Waals surface area contributed by atoms with Crippen LogP contribution in [0.5, 0.6) is 5.75 Å². The molecule has 19 heavy (non-hydrogen) atoms. The number of carbonyl (C=O) groups is 2. The fraction of sp³-hybridized carbons (Fsp3) is 0.429. The van der Waals surface area contributed by atoms with Crippen LogP contribution >= 0.6 is 0 Å². The Balaban J connectivity index is 2.12. The van der Waals surface area contributed by atoms with Crippen LogP contribution in [-0.2, 0) is 15.1 Å². The van der Waals surface area contributed by atoms with Crippen molar-refractivity contribution in [3.8, 4) is 5.75 Å². The van der Waals surface area contributed by atoms with Crippen LogP contribution < -0.4 is 10.1 Å². The zero-order valence-corrected chi connectivity index (χ0v) is 10.8. The Morgan fingerprint density at radius 1 is 1.32 bits per heavy atom. The first-order chi connectivity index (χ1) is 9.05. The first-order valence-corrected chi connectivity index (χ1v) is 6.23. The van der Waals surface area contributed by atoms with Crippen LogP contribution in [0, 0.1) is 0 Å². The van der Waals surface area contributed by atoms with E-state index in [9.17, 15) is 9.59 Å². The van der Waals surface area contributed by atoms with E-state index in [-0.39, 0.29) is 0 Å². The summed E-state index contributed by atoms with van der Waals surface area (Å²) >= 11 is 0. The van der Waals surface area contributed by atoms with Crippen molar-refractivity contribution >= 4 is 11.9 Å².